The van der Waals surface area contributed by atoms with Crippen LogP contribution < -0.4 is 0 Å². The monoisotopic (exact) mass is 156 g/mol. The first-order valence-corrected chi connectivity index (χ1v) is 4.01. The Kier molecular flexibility index (Phi) is 4.75. The van der Waals surface area contributed by atoms with Crippen LogP contribution in [0, 0.1) is 11.8 Å². The summed E-state index contributed by atoms with van der Waals surface area (Å²) in [5.41, 5.74) is 0. The van der Waals surface area contributed by atoms with Crippen molar-refractivity contribution in [3.8, 4) is 0 Å². The number of Topliss-reactive ketones (excluding diaryl/α,β-unsaturated/α-hetero) is 1. The predicted molar refractivity (Wildman–Crippen MR) is 44.3 cm³/mol. The Hall–Kier alpha value is -0.660. The molecule has 0 radical (unpaired) electrons. The minimum Gasteiger partial charge on any atom is -0.303 e. The van der Waals surface area contributed by atoms with Crippen LogP contribution >= 0.6 is 0 Å². The molecule has 0 aromatic rings. The molecular formula is C9H16O2. The number of rotatable bonds is 5. The van der Waals surface area contributed by atoms with Crippen LogP contribution in [0.25, 0.3) is 0 Å². The summed E-state index contributed by atoms with van der Waals surface area (Å²) in [7, 11) is 0. The largest absolute Gasteiger partial charge is 0.303 e. The van der Waals surface area contributed by atoms with Gasteiger partial charge < -0.3 is 9.59 Å². The first kappa shape index (κ1) is 10.3. The number of hydrogen-bond donors (Lipinski definition) is 0. The van der Waals surface area contributed by atoms with Crippen LogP contribution in [0.1, 0.15) is 33.6 Å². The first-order valence-electron chi connectivity index (χ1n) is 4.01. The van der Waals surface area contributed by atoms with Crippen molar-refractivity contribution >= 4 is 12.1 Å². The van der Waals surface area contributed by atoms with Crippen LogP contribution in [0.15, 0.2) is 0 Å². The molecule has 0 saturated heterocycles. The molecule has 0 saturated carbocycles. The van der Waals surface area contributed by atoms with E-state index in [-0.39, 0.29) is 5.78 Å². The molecule has 64 valence electrons. The third-order valence-corrected chi connectivity index (χ3v) is 2.05. The molecule has 0 amide bonds. The van der Waals surface area contributed by atoms with Crippen molar-refractivity contribution in [3.05, 3.63) is 0 Å². The van der Waals surface area contributed by atoms with Crippen molar-refractivity contribution in [2.75, 3.05) is 0 Å². The van der Waals surface area contributed by atoms with Crippen molar-refractivity contribution < 1.29 is 9.59 Å². The maximum absolute atomic E-state index is 10.7. The van der Waals surface area contributed by atoms with E-state index in [2.05, 4.69) is 0 Å². The van der Waals surface area contributed by atoms with E-state index in [1.54, 1.807) is 6.92 Å². The van der Waals surface area contributed by atoms with Gasteiger partial charge in [-0.25, -0.2) is 0 Å². The number of carbonyl (C=O) groups excluding carboxylic acids is 2. The van der Waals surface area contributed by atoms with Gasteiger partial charge in [0.15, 0.2) is 0 Å². The maximum Gasteiger partial charge on any atom is 0.130 e. The zero-order chi connectivity index (χ0) is 8.85. The average molecular weight is 156 g/mol. The fourth-order valence-electron chi connectivity index (χ4n) is 1.04. The highest BCUT2D eigenvalue weighted by Gasteiger charge is 2.12. The number of ketones is 1. The topological polar surface area (TPSA) is 34.1 Å². The summed E-state index contributed by atoms with van der Waals surface area (Å²) in [6.07, 6.45) is 2.07. The van der Waals surface area contributed by atoms with E-state index in [0.29, 0.717) is 24.7 Å². The van der Waals surface area contributed by atoms with Crippen LogP contribution in [0.4, 0.5) is 0 Å². The Morgan fingerprint density at radius 1 is 1.36 bits per heavy atom. The molecule has 0 aromatic heterocycles. The zero-order valence-electron chi connectivity index (χ0n) is 7.46. The lowest BCUT2D eigenvalue weighted by Gasteiger charge is -2.15. The molecule has 11 heavy (non-hydrogen) atoms. The summed E-state index contributed by atoms with van der Waals surface area (Å²) < 4.78 is 0. The van der Waals surface area contributed by atoms with Gasteiger partial charge >= 0.3 is 0 Å². The standard InChI is InChI=1S/C9H16O2/c1-7(4-5-10)8(2)6-9(3)11/h5,7-8H,4,6H2,1-3H3. The van der Waals surface area contributed by atoms with Gasteiger partial charge in [0.2, 0.25) is 0 Å². The van der Waals surface area contributed by atoms with E-state index in [1.807, 2.05) is 13.8 Å². The minimum absolute atomic E-state index is 0.204. The first-order chi connectivity index (χ1) is 5.07. The van der Waals surface area contributed by atoms with Crippen LogP contribution in [-0.4, -0.2) is 12.1 Å². The van der Waals surface area contributed by atoms with Gasteiger partial charge in [0, 0.05) is 12.8 Å². The summed E-state index contributed by atoms with van der Waals surface area (Å²) in [6, 6.07) is 0. The highest BCUT2D eigenvalue weighted by atomic mass is 16.1. The van der Waals surface area contributed by atoms with Gasteiger partial charge in [-0.15, -0.1) is 0 Å². The van der Waals surface area contributed by atoms with Crippen molar-refractivity contribution in [2.24, 2.45) is 11.8 Å². The molecule has 0 aliphatic carbocycles. The normalized spacial score (nSPS) is 15.5. The molecule has 0 N–H and O–H groups in total. The Balaban J connectivity index is 3.71. The Bertz CT molecular complexity index is 140. The van der Waals surface area contributed by atoms with Crippen LogP contribution in [-0.2, 0) is 9.59 Å². The van der Waals surface area contributed by atoms with E-state index in [0.717, 1.165) is 6.29 Å². The lowest BCUT2D eigenvalue weighted by Crippen LogP contribution is -2.11. The molecular weight excluding hydrogens is 140 g/mol. The maximum atomic E-state index is 10.7. The minimum atomic E-state index is 0.204. The third kappa shape index (κ3) is 4.71. The number of aldehydes is 1. The summed E-state index contributed by atoms with van der Waals surface area (Å²) in [5.74, 6) is 0.865. The molecule has 0 aliphatic heterocycles. The second kappa shape index (κ2) is 5.05. The molecule has 0 rings (SSSR count). The van der Waals surface area contributed by atoms with Crippen LogP contribution in [0.3, 0.4) is 0 Å². The molecule has 0 aliphatic rings. The average Bonchev–Trinajstić information content (AvgIpc) is 1.86. The molecule has 2 nitrogen and oxygen atoms in total. The molecule has 0 spiro atoms. The van der Waals surface area contributed by atoms with Crippen molar-refractivity contribution in [1.82, 2.24) is 0 Å². The van der Waals surface area contributed by atoms with E-state index in [9.17, 15) is 9.59 Å². The second-order valence-electron chi connectivity index (χ2n) is 3.26. The van der Waals surface area contributed by atoms with Crippen molar-refractivity contribution in [1.29, 1.82) is 0 Å². The van der Waals surface area contributed by atoms with Crippen LogP contribution in [0.2, 0.25) is 0 Å². The van der Waals surface area contributed by atoms with E-state index in [4.69, 9.17) is 0 Å². The molecule has 0 bridgehead atoms. The van der Waals surface area contributed by atoms with E-state index >= 15 is 0 Å². The van der Waals surface area contributed by atoms with Gasteiger partial charge in [-0.2, -0.15) is 0 Å². The Labute approximate surface area is 68.0 Å². The third-order valence-electron chi connectivity index (χ3n) is 2.05. The highest BCUT2D eigenvalue weighted by Crippen LogP contribution is 2.17. The van der Waals surface area contributed by atoms with Crippen molar-refractivity contribution in [2.45, 2.75) is 33.6 Å². The van der Waals surface area contributed by atoms with E-state index in [1.165, 1.54) is 0 Å². The molecule has 2 unspecified atom stereocenters. The fraction of sp³-hybridized carbons (Fsp3) is 0.778. The zero-order valence-corrected chi connectivity index (χ0v) is 7.46. The van der Waals surface area contributed by atoms with Crippen LogP contribution in [0.5, 0.6) is 0 Å². The molecule has 0 aromatic carbocycles. The lowest BCUT2D eigenvalue weighted by atomic mass is 9.89. The number of hydrogen-bond acceptors (Lipinski definition) is 2. The summed E-state index contributed by atoms with van der Waals surface area (Å²) in [6.45, 7) is 5.60. The van der Waals surface area contributed by atoms with Gasteiger partial charge in [0.05, 0.1) is 0 Å². The summed E-state index contributed by atoms with van der Waals surface area (Å²) in [4.78, 5) is 20.8. The van der Waals surface area contributed by atoms with Gasteiger partial charge in [-0.05, 0) is 18.8 Å². The molecule has 0 heterocycles. The lowest BCUT2D eigenvalue weighted by molar-refractivity contribution is -0.118. The quantitative estimate of drug-likeness (QED) is 0.569. The summed E-state index contributed by atoms with van der Waals surface area (Å²) in [5, 5.41) is 0. The second-order valence-corrected chi connectivity index (χ2v) is 3.26. The SMILES string of the molecule is CC(=O)CC(C)C(C)CC=O. The number of carbonyl (C=O) groups is 2. The summed E-state index contributed by atoms with van der Waals surface area (Å²) >= 11 is 0. The Morgan fingerprint density at radius 2 is 1.91 bits per heavy atom. The molecule has 2 atom stereocenters. The van der Waals surface area contributed by atoms with E-state index < -0.39 is 0 Å². The fourth-order valence-corrected chi connectivity index (χ4v) is 1.04. The van der Waals surface area contributed by atoms with Gasteiger partial charge in [-0.1, -0.05) is 13.8 Å². The van der Waals surface area contributed by atoms with Gasteiger partial charge in [0.1, 0.15) is 12.1 Å². The molecule has 0 fully saturated rings. The predicted octanol–water partition coefficient (Wildman–Crippen LogP) is 1.83. The van der Waals surface area contributed by atoms with Gasteiger partial charge in [-0.3, -0.25) is 0 Å². The molecule has 2 heteroatoms. The van der Waals surface area contributed by atoms with Gasteiger partial charge in [0.25, 0.3) is 0 Å². The smallest absolute Gasteiger partial charge is 0.130 e. The Morgan fingerprint density at radius 3 is 2.27 bits per heavy atom. The highest BCUT2D eigenvalue weighted by molar-refractivity contribution is 5.75. The van der Waals surface area contributed by atoms with Crippen molar-refractivity contribution in [3.63, 3.8) is 0 Å².